The number of aromatic nitrogens is 1. The Morgan fingerprint density at radius 1 is 1.08 bits per heavy atom. The van der Waals surface area contributed by atoms with Gasteiger partial charge in [0.2, 0.25) is 5.88 Å². The van der Waals surface area contributed by atoms with E-state index >= 15 is 0 Å². The van der Waals surface area contributed by atoms with Crippen LogP contribution >= 0.6 is 0 Å². The van der Waals surface area contributed by atoms with Crippen LogP contribution in [0.25, 0.3) is 0 Å². The van der Waals surface area contributed by atoms with Gasteiger partial charge >= 0.3 is 0 Å². The van der Waals surface area contributed by atoms with E-state index in [1.165, 1.54) is 12.8 Å². The third-order valence-electron chi connectivity index (χ3n) is 5.40. The van der Waals surface area contributed by atoms with E-state index in [1.54, 1.807) is 18.3 Å². The molecule has 6 heteroatoms. The zero-order valence-corrected chi connectivity index (χ0v) is 14.5. The van der Waals surface area contributed by atoms with Crippen LogP contribution in [0.3, 0.4) is 0 Å². The highest BCUT2D eigenvalue weighted by Gasteiger charge is 2.34. The van der Waals surface area contributed by atoms with Crippen LogP contribution in [-0.4, -0.2) is 48.5 Å². The van der Waals surface area contributed by atoms with E-state index in [1.807, 2.05) is 0 Å². The van der Waals surface area contributed by atoms with Crippen molar-refractivity contribution in [3.8, 4) is 5.88 Å². The minimum atomic E-state index is -0.0832. The van der Waals surface area contributed by atoms with Crippen molar-refractivity contribution < 1.29 is 19.0 Å². The monoisotopic (exact) mass is 346 g/mol. The molecule has 6 nitrogen and oxygen atoms in total. The Bertz CT molecular complexity index is 586. The van der Waals surface area contributed by atoms with Crippen LogP contribution in [0.2, 0.25) is 0 Å². The predicted octanol–water partition coefficient (Wildman–Crippen LogP) is 2.47. The van der Waals surface area contributed by atoms with E-state index in [2.05, 4.69) is 10.3 Å². The molecule has 0 aromatic carbocycles. The maximum absolute atomic E-state index is 12.5. The summed E-state index contributed by atoms with van der Waals surface area (Å²) in [7, 11) is 0. The second-order valence-electron chi connectivity index (χ2n) is 7.21. The van der Waals surface area contributed by atoms with Crippen LogP contribution in [0.15, 0.2) is 18.3 Å². The lowest BCUT2D eigenvalue weighted by Crippen LogP contribution is -2.49. The Morgan fingerprint density at radius 2 is 1.88 bits per heavy atom. The number of ether oxygens (including phenoxy) is 3. The standard InChI is InChI=1S/C19H26N2O4/c22-19(21-14-6-7-16-17(11-14)24-10-9-23-16)13-5-8-18(20-12-13)25-15-3-1-2-4-15/h5,8,12,14-17H,1-4,6-7,9-11H2,(H,21,22). The van der Waals surface area contributed by atoms with E-state index < -0.39 is 0 Å². The molecule has 136 valence electrons. The third-order valence-corrected chi connectivity index (χ3v) is 5.40. The summed E-state index contributed by atoms with van der Waals surface area (Å²) in [5.74, 6) is 0.525. The fourth-order valence-electron chi connectivity index (χ4n) is 4.03. The summed E-state index contributed by atoms with van der Waals surface area (Å²) in [4.78, 5) is 16.8. The van der Waals surface area contributed by atoms with Gasteiger partial charge < -0.3 is 19.5 Å². The summed E-state index contributed by atoms with van der Waals surface area (Å²) in [6.07, 6.45) is 9.49. The Morgan fingerprint density at radius 3 is 2.64 bits per heavy atom. The van der Waals surface area contributed by atoms with Gasteiger partial charge in [-0.1, -0.05) is 0 Å². The normalized spacial score (nSPS) is 29.8. The van der Waals surface area contributed by atoms with Gasteiger partial charge in [-0.25, -0.2) is 4.98 Å². The van der Waals surface area contributed by atoms with Crippen molar-refractivity contribution in [3.63, 3.8) is 0 Å². The van der Waals surface area contributed by atoms with Crippen molar-refractivity contribution in [3.05, 3.63) is 23.9 Å². The van der Waals surface area contributed by atoms with Gasteiger partial charge in [-0.2, -0.15) is 0 Å². The van der Waals surface area contributed by atoms with Crippen LogP contribution in [0, 0.1) is 0 Å². The number of pyridine rings is 1. The fraction of sp³-hybridized carbons (Fsp3) is 0.684. The number of carbonyl (C=O) groups excluding carboxylic acids is 1. The summed E-state index contributed by atoms with van der Waals surface area (Å²) >= 11 is 0. The van der Waals surface area contributed by atoms with Crippen LogP contribution in [0.1, 0.15) is 55.3 Å². The van der Waals surface area contributed by atoms with Gasteiger partial charge in [0.25, 0.3) is 5.91 Å². The summed E-state index contributed by atoms with van der Waals surface area (Å²) in [5, 5.41) is 3.11. The molecule has 2 saturated carbocycles. The van der Waals surface area contributed by atoms with E-state index in [0.29, 0.717) is 24.7 Å². The number of amides is 1. The van der Waals surface area contributed by atoms with E-state index in [9.17, 15) is 4.79 Å². The highest BCUT2D eigenvalue weighted by atomic mass is 16.6. The topological polar surface area (TPSA) is 69.7 Å². The molecular formula is C19H26N2O4. The number of rotatable bonds is 4. The lowest BCUT2D eigenvalue weighted by atomic mass is 9.89. The Balaban J connectivity index is 1.30. The summed E-state index contributed by atoms with van der Waals surface area (Å²) < 4.78 is 17.3. The first-order valence-electron chi connectivity index (χ1n) is 9.45. The molecule has 0 radical (unpaired) electrons. The first kappa shape index (κ1) is 16.8. The zero-order valence-electron chi connectivity index (χ0n) is 14.5. The molecule has 3 fully saturated rings. The van der Waals surface area contributed by atoms with Crippen LogP contribution in [0.4, 0.5) is 0 Å². The number of nitrogens with zero attached hydrogens (tertiary/aromatic N) is 1. The van der Waals surface area contributed by atoms with Gasteiger partial charge in [0.15, 0.2) is 0 Å². The highest BCUT2D eigenvalue weighted by Crippen LogP contribution is 2.27. The maximum atomic E-state index is 12.5. The zero-order chi connectivity index (χ0) is 17.1. The third kappa shape index (κ3) is 4.12. The second-order valence-corrected chi connectivity index (χ2v) is 7.21. The smallest absolute Gasteiger partial charge is 0.253 e. The molecule has 1 aromatic rings. The molecule has 1 amide bonds. The predicted molar refractivity (Wildman–Crippen MR) is 91.7 cm³/mol. The van der Waals surface area contributed by atoms with Crippen LogP contribution in [0.5, 0.6) is 5.88 Å². The Hall–Kier alpha value is -1.66. The lowest BCUT2D eigenvalue weighted by Gasteiger charge is -2.39. The second kappa shape index (κ2) is 7.70. The maximum Gasteiger partial charge on any atom is 0.253 e. The molecular weight excluding hydrogens is 320 g/mol. The minimum Gasteiger partial charge on any atom is -0.474 e. The summed E-state index contributed by atoms with van der Waals surface area (Å²) in [5.41, 5.74) is 0.571. The van der Waals surface area contributed by atoms with Crippen molar-refractivity contribution >= 4 is 5.91 Å². The van der Waals surface area contributed by atoms with Crippen molar-refractivity contribution in [2.24, 2.45) is 0 Å². The Labute approximate surface area is 148 Å². The quantitative estimate of drug-likeness (QED) is 0.907. The van der Waals surface area contributed by atoms with Gasteiger partial charge in [0.05, 0.1) is 31.0 Å². The first-order valence-corrected chi connectivity index (χ1v) is 9.45. The van der Waals surface area contributed by atoms with E-state index in [0.717, 1.165) is 32.1 Å². The summed E-state index contributed by atoms with van der Waals surface area (Å²) in [6.45, 7) is 1.33. The number of hydrogen-bond acceptors (Lipinski definition) is 5. The molecule has 1 N–H and O–H groups in total. The van der Waals surface area contributed by atoms with Gasteiger partial charge in [0.1, 0.15) is 6.10 Å². The average Bonchev–Trinajstić information content (AvgIpc) is 3.15. The molecule has 3 aliphatic rings. The molecule has 2 heterocycles. The molecule has 1 aliphatic heterocycles. The average molecular weight is 346 g/mol. The van der Waals surface area contributed by atoms with Gasteiger partial charge in [-0.05, 0) is 51.0 Å². The molecule has 0 spiro atoms. The number of fused-ring (bicyclic) bond motifs is 1. The fourth-order valence-corrected chi connectivity index (χ4v) is 4.03. The number of hydrogen-bond donors (Lipinski definition) is 1. The van der Waals surface area contributed by atoms with Crippen molar-refractivity contribution in [2.45, 2.75) is 69.3 Å². The minimum absolute atomic E-state index is 0.0832. The molecule has 25 heavy (non-hydrogen) atoms. The van der Waals surface area contributed by atoms with Crippen molar-refractivity contribution in [1.82, 2.24) is 10.3 Å². The van der Waals surface area contributed by atoms with Crippen molar-refractivity contribution in [1.29, 1.82) is 0 Å². The molecule has 2 aliphatic carbocycles. The van der Waals surface area contributed by atoms with Crippen molar-refractivity contribution in [2.75, 3.05) is 13.2 Å². The lowest BCUT2D eigenvalue weighted by molar-refractivity contribution is -0.157. The van der Waals surface area contributed by atoms with Crippen LogP contribution < -0.4 is 10.1 Å². The molecule has 1 saturated heterocycles. The molecule has 4 rings (SSSR count). The highest BCUT2D eigenvalue weighted by molar-refractivity contribution is 5.94. The SMILES string of the molecule is O=C(NC1CCC2OCCOC2C1)c1ccc(OC2CCCC2)nc1. The first-order chi connectivity index (χ1) is 12.3. The van der Waals surface area contributed by atoms with E-state index in [-0.39, 0.29) is 30.3 Å². The summed E-state index contributed by atoms with van der Waals surface area (Å²) in [6, 6.07) is 3.71. The van der Waals surface area contributed by atoms with Gasteiger partial charge in [-0.3, -0.25) is 4.79 Å². The number of carbonyl (C=O) groups is 1. The molecule has 3 unspecified atom stereocenters. The number of nitrogens with one attached hydrogen (secondary N) is 1. The Kier molecular flexibility index (Phi) is 5.17. The van der Waals surface area contributed by atoms with Crippen LogP contribution in [-0.2, 0) is 9.47 Å². The molecule has 0 bridgehead atoms. The molecule has 1 aromatic heterocycles. The molecule has 3 atom stereocenters. The largest absolute Gasteiger partial charge is 0.474 e. The van der Waals surface area contributed by atoms with E-state index in [4.69, 9.17) is 14.2 Å². The van der Waals surface area contributed by atoms with Gasteiger partial charge in [0, 0.05) is 18.3 Å². The van der Waals surface area contributed by atoms with Gasteiger partial charge in [-0.15, -0.1) is 0 Å².